The highest BCUT2D eigenvalue weighted by atomic mass is 17.3. The minimum atomic E-state index is -0.647. The van der Waals surface area contributed by atoms with Gasteiger partial charge >= 0.3 is 0 Å². The molecule has 12 aliphatic rings. The van der Waals surface area contributed by atoms with E-state index in [-0.39, 0.29) is 23.7 Å². The van der Waals surface area contributed by atoms with Gasteiger partial charge in [0.1, 0.15) is 0 Å². The monoisotopic (exact) mass is 825 g/mol. The van der Waals surface area contributed by atoms with Gasteiger partial charge in [-0.2, -0.15) is 19.6 Å². The Labute approximate surface area is 353 Å². The van der Waals surface area contributed by atoms with E-state index in [1.807, 2.05) is 0 Å². The Morgan fingerprint density at radius 2 is 0.746 bits per heavy atom. The summed E-state index contributed by atoms with van der Waals surface area (Å²) in [5.74, 6) is 3.47. The maximum atomic E-state index is 12.9. The van der Waals surface area contributed by atoms with Gasteiger partial charge in [-0.25, -0.2) is 0 Å². The van der Waals surface area contributed by atoms with Crippen molar-refractivity contribution in [1.82, 2.24) is 21.3 Å². The van der Waals surface area contributed by atoms with Crippen molar-refractivity contribution < 1.29 is 38.6 Å². The van der Waals surface area contributed by atoms with Gasteiger partial charge in [-0.15, -0.1) is 0 Å². The van der Waals surface area contributed by atoms with Crippen LogP contribution in [0.2, 0.25) is 0 Å². The molecule has 12 fully saturated rings. The Balaban J connectivity index is 0.496. The van der Waals surface area contributed by atoms with E-state index < -0.39 is 23.1 Å². The van der Waals surface area contributed by atoms with Crippen LogP contribution >= 0.6 is 0 Å². The number of rotatable bonds is 18. The summed E-state index contributed by atoms with van der Waals surface area (Å²) in [5, 5.41) is 13.5. The number of carbonyl (C=O) groups is 2. The number of hydrogen-bond acceptors (Lipinski definition) is 10. The van der Waals surface area contributed by atoms with Gasteiger partial charge in [-0.1, -0.05) is 19.3 Å². The van der Waals surface area contributed by atoms with Crippen molar-refractivity contribution >= 4 is 11.8 Å². The lowest BCUT2D eigenvalue weighted by Gasteiger charge is -2.57. The van der Waals surface area contributed by atoms with E-state index in [9.17, 15) is 9.59 Å². The molecule has 12 heteroatoms. The average Bonchev–Trinajstić information content (AvgIpc) is 3.80. The van der Waals surface area contributed by atoms with E-state index in [4.69, 9.17) is 29.0 Å². The molecule has 8 bridgehead atoms. The summed E-state index contributed by atoms with van der Waals surface area (Å²) in [7, 11) is 0. The van der Waals surface area contributed by atoms with E-state index in [2.05, 4.69) is 21.3 Å². The molecule has 0 atom stereocenters. The smallest absolute Gasteiger partial charge is 0.223 e. The molecule has 4 spiro atoms. The van der Waals surface area contributed by atoms with E-state index in [1.54, 1.807) is 0 Å². The fraction of sp³-hybridized carbons (Fsp3) is 0.957. The highest BCUT2D eigenvalue weighted by molar-refractivity contribution is 5.79. The molecule has 332 valence electrons. The fourth-order valence-corrected chi connectivity index (χ4v) is 14.6. The second kappa shape index (κ2) is 17.6. The molecular weight excluding hydrogens is 749 g/mol. The molecule has 12 nitrogen and oxygen atoms in total. The summed E-state index contributed by atoms with van der Waals surface area (Å²) in [6.07, 6.45) is 26.8. The molecule has 10 saturated carbocycles. The highest BCUT2D eigenvalue weighted by Crippen LogP contribution is 2.65. The number of carbonyl (C=O) groups excluding carboxylic acids is 2. The SMILES string of the molecule is O=C(NCCCNCCCCCCCNCCCNC(=O)C1CCC2(CC1)OOC1(O2)C2CC3CC(C2)CC1C3)C1CCC2(CC1)OOC1(O2)C2CC3CC(C2)CC1C3. The molecule has 10 aliphatic carbocycles. The Bertz CT molecular complexity index is 1300. The van der Waals surface area contributed by atoms with Crippen LogP contribution in [0.1, 0.15) is 161 Å². The van der Waals surface area contributed by atoms with Crippen molar-refractivity contribution in [3.8, 4) is 0 Å². The topological polar surface area (TPSA) is 138 Å². The zero-order valence-electron chi connectivity index (χ0n) is 36.0. The van der Waals surface area contributed by atoms with Crippen LogP contribution in [-0.2, 0) is 38.6 Å². The summed E-state index contributed by atoms with van der Waals surface area (Å²) in [4.78, 5) is 50.3. The van der Waals surface area contributed by atoms with Crippen molar-refractivity contribution in [3.63, 3.8) is 0 Å². The third kappa shape index (κ3) is 8.54. The normalized spacial score (nSPS) is 45.1. The first-order valence-electron chi connectivity index (χ1n) is 24.9. The van der Waals surface area contributed by atoms with Gasteiger partial charge in [-0.05, 0) is 165 Å². The van der Waals surface area contributed by atoms with Crippen LogP contribution in [0.15, 0.2) is 0 Å². The molecule has 0 radical (unpaired) electrons. The quantitative estimate of drug-likeness (QED) is 0.0833. The molecule has 0 aromatic carbocycles. The summed E-state index contributed by atoms with van der Waals surface area (Å²) >= 11 is 0. The summed E-state index contributed by atoms with van der Waals surface area (Å²) in [6.45, 7) is 5.40. The van der Waals surface area contributed by atoms with Gasteiger partial charge < -0.3 is 30.7 Å². The Morgan fingerprint density at radius 3 is 1.12 bits per heavy atom. The third-order valence-electron chi connectivity index (χ3n) is 17.5. The predicted molar refractivity (Wildman–Crippen MR) is 220 cm³/mol. The molecule has 59 heavy (non-hydrogen) atoms. The average molecular weight is 825 g/mol. The Morgan fingerprint density at radius 1 is 0.407 bits per heavy atom. The molecule has 4 N–H and O–H groups in total. The Hall–Kier alpha value is -1.38. The van der Waals surface area contributed by atoms with E-state index in [0.29, 0.717) is 23.7 Å². The summed E-state index contributed by atoms with van der Waals surface area (Å²) in [6, 6.07) is 0. The van der Waals surface area contributed by atoms with Crippen molar-refractivity contribution in [1.29, 1.82) is 0 Å². The zero-order chi connectivity index (χ0) is 39.9. The highest BCUT2D eigenvalue weighted by Gasteiger charge is 2.68. The van der Waals surface area contributed by atoms with Gasteiger partial charge in [0.05, 0.1) is 0 Å². The van der Waals surface area contributed by atoms with Crippen molar-refractivity contribution in [3.05, 3.63) is 0 Å². The van der Waals surface area contributed by atoms with Gasteiger partial charge in [0.25, 0.3) is 0 Å². The molecule has 0 unspecified atom stereocenters. The first-order valence-corrected chi connectivity index (χ1v) is 24.9. The summed E-state index contributed by atoms with van der Waals surface area (Å²) < 4.78 is 13.6. The molecule has 12 rings (SSSR count). The third-order valence-corrected chi connectivity index (χ3v) is 17.5. The van der Waals surface area contributed by atoms with Crippen LogP contribution in [-0.4, -0.2) is 74.2 Å². The minimum Gasteiger partial charge on any atom is -0.356 e. The lowest BCUT2D eigenvalue weighted by Crippen LogP contribution is -2.59. The lowest BCUT2D eigenvalue weighted by atomic mass is 9.53. The zero-order valence-corrected chi connectivity index (χ0v) is 36.0. The Kier molecular flexibility index (Phi) is 12.5. The standard InChI is InChI=1S/C47H76N4O8/c52-42(36-8-12-44(13-9-36)54-46(58-56-44)38-24-32-22-33(26-38)27-39(46)25-32)50-20-6-18-48-16-4-2-1-3-5-17-49-19-7-21-51-43(53)37-10-14-45(15-11-37)55-47(59-57-45)40-28-34-23-35(30-40)31-41(47)29-34/h32-41,48-49H,1-31H2,(H,50,52)(H,51,53). The lowest BCUT2D eigenvalue weighted by molar-refractivity contribution is -0.390. The van der Waals surface area contributed by atoms with Crippen LogP contribution in [0.4, 0.5) is 0 Å². The number of ether oxygens (including phenoxy) is 2. The van der Waals surface area contributed by atoms with E-state index >= 15 is 0 Å². The second-order valence-corrected chi connectivity index (χ2v) is 21.5. The van der Waals surface area contributed by atoms with Crippen LogP contribution in [0.5, 0.6) is 0 Å². The molecule has 2 saturated heterocycles. The number of nitrogens with one attached hydrogen (secondary N) is 4. The van der Waals surface area contributed by atoms with Crippen LogP contribution in [0.3, 0.4) is 0 Å². The van der Waals surface area contributed by atoms with Crippen LogP contribution in [0.25, 0.3) is 0 Å². The first kappa shape index (κ1) is 41.6. The van der Waals surface area contributed by atoms with Crippen molar-refractivity contribution in [2.45, 2.75) is 184 Å². The molecule has 0 aromatic heterocycles. The predicted octanol–water partition coefficient (Wildman–Crippen LogP) is 7.16. The first-order chi connectivity index (χ1) is 28.8. The molecule has 2 amide bonds. The van der Waals surface area contributed by atoms with E-state index in [1.165, 1.54) is 96.3 Å². The van der Waals surface area contributed by atoms with E-state index in [0.717, 1.165) is 127 Å². The minimum absolute atomic E-state index is 0.0400. The van der Waals surface area contributed by atoms with Gasteiger partial charge in [-0.3, -0.25) is 9.59 Å². The molecular formula is C47H76N4O8. The van der Waals surface area contributed by atoms with Crippen molar-refractivity contribution in [2.24, 2.45) is 59.2 Å². The number of hydrogen-bond donors (Lipinski definition) is 4. The molecule has 2 aliphatic heterocycles. The fourth-order valence-electron chi connectivity index (χ4n) is 14.6. The van der Waals surface area contributed by atoms with Crippen LogP contribution in [0, 0.1) is 59.2 Å². The van der Waals surface area contributed by atoms with Gasteiger partial charge in [0.15, 0.2) is 0 Å². The maximum Gasteiger partial charge on any atom is 0.223 e. The summed E-state index contributed by atoms with van der Waals surface area (Å²) in [5.41, 5.74) is 0. The molecule has 2 heterocycles. The van der Waals surface area contributed by atoms with Crippen LogP contribution < -0.4 is 21.3 Å². The van der Waals surface area contributed by atoms with Gasteiger partial charge in [0.2, 0.25) is 35.0 Å². The number of unbranched alkanes of at least 4 members (excludes halogenated alkanes) is 4. The van der Waals surface area contributed by atoms with Crippen molar-refractivity contribution in [2.75, 3.05) is 39.3 Å². The molecule has 0 aromatic rings. The second-order valence-electron chi connectivity index (χ2n) is 21.5. The largest absolute Gasteiger partial charge is 0.356 e. The van der Waals surface area contributed by atoms with Gasteiger partial charge in [0, 0.05) is 74.3 Å². The maximum absolute atomic E-state index is 12.9. The number of amides is 2.